The molecule has 0 bridgehead atoms. The molecule has 3 nitrogen and oxygen atoms in total. The number of pyridine rings is 1. The van der Waals surface area contributed by atoms with Crippen molar-refractivity contribution in [1.29, 1.82) is 0 Å². The van der Waals surface area contributed by atoms with E-state index in [2.05, 4.69) is 43.7 Å². The average molecular weight is 385 g/mol. The number of rotatable bonds is 3. The van der Waals surface area contributed by atoms with Gasteiger partial charge in [-0.15, -0.1) is 0 Å². The van der Waals surface area contributed by atoms with Crippen molar-refractivity contribution in [1.82, 2.24) is 10.3 Å². The first-order chi connectivity index (χ1) is 9.99. The van der Waals surface area contributed by atoms with E-state index in [1.54, 1.807) is 6.20 Å². The van der Waals surface area contributed by atoms with Crippen molar-refractivity contribution in [3.63, 3.8) is 0 Å². The van der Waals surface area contributed by atoms with Crippen molar-refractivity contribution in [2.24, 2.45) is 0 Å². The predicted octanol–water partition coefficient (Wildman–Crippen LogP) is 4.85. The van der Waals surface area contributed by atoms with Gasteiger partial charge in [-0.3, -0.25) is 0 Å². The van der Waals surface area contributed by atoms with E-state index in [9.17, 15) is 0 Å². The van der Waals surface area contributed by atoms with Gasteiger partial charge < -0.3 is 10.6 Å². The number of benzene rings is 1. The van der Waals surface area contributed by atoms with Crippen molar-refractivity contribution in [2.45, 2.75) is 19.9 Å². The van der Waals surface area contributed by atoms with Crippen molar-refractivity contribution >= 4 is 50.7 Å². The van der Waals surface area contributed by atoms with E-state index in [1.807, 2.05) is 32.0 Å². The number of nitrogens with zero attached hydrogens (tertiary/aromatic N) is 1. The van der Waals surface area contributed by atoms with E-state index in [-0.39, 0.29) is 6.04 Å². The third-order valence-electron chi connectivity index (χ3n) is 3.08. The Labute approximate surface area is 143 Å². The van der Waals surface area contributed by atoms with Crippen molar-refractivity contribution in [3.05, 3.63) is 57.2 Å². The fraction of sp³-hybridized carbons (Fsp3) is 0.200. The highest BCUT2D eigenvalue weighted by Gasteiger charge is 2.11. The highest BCUT2D eigenvalue weighted by molar-refractivity contribution is 9.10. The molecular weight excluding hydrogens is 370 g/mol. The number of hydrogen-bond donors (Lipinski definition) is 2. The highest BCUT2D eigenvalue weighted by Crippen LogP contribution is 2.28. The normalized spacial score (nSPS) is 11.8. The molecule has 1 atom stereocenters. The van der Waals surface area contributed by atoms with Crippen LogP contribution in [-0.2, 0) is 0 Å². The lowest BCUT2D eigenvalue weighted by Crippen LogP contribution is -2.31. The Bertz CT molecular complexity index is 649. The summed E-state index contributed by atoms with van der Waals surface area (Å²) in [6, 6.07) is 10.2. The summed E-state index contributed by atoms with van der Waals surface area (Å²) in [5, 5.41) is 7.30. The molecule has 6 heteroatoms. The summed E-state index contributed by atoms with van der Waals surface area (Å²) in [5.74, 6) is 0.551. The minimum Gasteiger partial charge on any atom is -0.356 e. The molecule has 0 saturated carbocycles. The summed E-state index contributed by atoms with van der Waals surface area (Å²) in [6.07, 6.45) is 1.70. The molecule has 2 aromatic rings. The molecule has 0 aliphatic heterocycles. The molecule has 0 aliphatic carbocycles. The lowest BCUT2D eigenvalue weighted by molar-refractivity contribution is 0.722. The van der Waals surface area contributed by atoms with Crippen LogP contribution in [0.1, 0.15) is 24.1 Å². The smallest absolute Gasteiger partial charge is 0.172 e. The first-order valence-electron chi connectivity index (χ1n) is 6.42. The molecule has 1 aromatic carbocycles. The van der Waals surface area contributed by atoms with Gasteiger partial charge in [0.05, 0.1) is 11.1 Å². The van der Waals surface area contributed by atoms with Crippen molar-refractivity contribution in [3.8, 4) is 0 Å². The van der Waals surface area contributed by atoms with E-state index in [0.717, 1.165) is 15.6 Å². The summed E-state index contributed by atoms with van der Waals surface area (Å²) in [4.78, 5) is 4.24. The predicted molar refractivity (Wildman–Crippen MR) is 95.9 cm³/mol. The Hall–Kier alpha value is -1.17. The fourth-order valence-corrected chi connectivity index (χ4v) is 2.70. The molecule has 0 aliphatic rings. The van der Waals surface area contributed by atoms with Crippen LogP contribution in [0.15, 0.2) is 41.0 Å². The van der Waals surface area contributed by atoms with Gasteiger partial charge in [-0.25, -0.2) is 4.98 Å². The zero-order chi connectivity index (χ0) is 15.4. The Balaban J connectivity index is 2.04. The van der Waals surface area contributed by atoms with Crippen LogP contribution in [0.3, 0.4) is 0 Å². The standard InChI is InChI=1S/C15H15BrClN3S/c1-9-12(16)8-18-14(13(9)17)20-15(21)19-10(2)11-6-4-3-5-7-11/h3-8,10H,1-2H3,(H2,18,19,20,21)/t10-/m1/s1. The second kappa shape index (κ2) is 7.20. The van der Waals surface area contributed by atoms with E-state index in [1.165, 1.54) is 0 Å². The molecule has 1 heterocycles. The number of thiocarbonyl (C=S) groups is 1. The minimum atomic E-state index is 0.0986. The number of aromatic nitrogens is 1. The monoisotopic (exact) mass is 383 g/mol. The van der Waals surface area contributed by atoms with Crippen LogP contribution in [0.4, 0.5) is 5.82 Å². The van der Waals surface area contributed by atoms with Crippen LogP contribution in [0.25, 0.3) is 0 Å². The van der Waals surface area contributed by atoms with Gasteiger partial charge in [-0.2, -0.15) is 0 Å². The van der Waals surface area contributed by atoms with Gasteiger partial charge in [0.2, 0.25) is 0 Å². The van der Waals surface area contributed by atoms with E-state index < -0.39 is 0 Å². The molecule has 0 spiro atoms. The molecule has 0 saturated heterocycles. The van der Waals surface area contributed by atoms with Crippen LogP contribution < -0.4 is 10.6 Å². The zero-order valence-corrected chi connectivity index (χ0v) is 14.8. The number of anilines is 1. The van der Waals surface area contributed by atoms with Crippen LogP contribution in [-0.4, -0.2) is 10.1 Å². The zero-order valence-electron chi connectivity index (χ0n) is 11.7. The van der Waals surface area contributed by atoms with Gasteiger partial charge in [0.15, 0.2) is 10.9 Å². The molecule has 2 N–H and O–H groups in total. The summed E-state index contributed by atoms with van der Waals surface area (Å²) < 4.78 is 0.870. The number of hydrogen-bond acceptors (Lipinski definition) is 2. The molecule has 2 rings (SSSR count). The Morgan fingerprint density at radius 2 is 2.00 bits per heavy atom. The van der Waals surface area contributed by atoms with Gasteiger partial charge in [0.1, 0.15) is 0 Å². The Morgan fingerprint density at radius 1 is 1.33 bits per heavy atom. The van der Waals surface area contributed by atoms with Gasteiger partial charge in [0, 0.05) is 10.7 Å². The molecule has 1 aromatic heterocycles. The lowest BCUT2D eigenvalue weighted by atomic mass is 10.1. The largest absolute Gasteiger partial charge is 0.356 e. The van der Waals surface area contributed by atoms with Crippen molar-refractivity contribution < 1.29 is 0 Å². The van der Waals surface area contributed by atoms with E-state index in [4.69, 9.17) is 23.8 Å². The first-order valence-corrected chi connectivity index (χ1v) is 8.00. The summed E-state index contributed by atoms with van der Waals surface area (Å²) >= 11 is 15.0. The molecule has 0 radical (unpaired) electrons. The van der Waals surface area contributed by atoms with Crippen LogP contribution in [0.5, 0.6) is 0 Å². The second-order valence-electron chi connectivity index (χ2n) is 4.62. The SMILES string of the molecule is Cc1c(Br)cnc(NC(=S)N[C@H](C)c2ccccc2)c1Cl. The summed E-state index contributed by atoms with van der Waals surface area (Å²) in [7, 11) is 0. The van der Waals surface area contributed by atoms with Crippen LogP contribution >= 0.6 is 39.7 Å². The van der Waals surface area contributed by atoms with Gasteiger partial charge in [-0.05, 0) is 53.1 Å². The topological polar surface area (TPSA) is 37.0 Å². The van der Waals surface area contributed by atoms with Gasteiger partial charge in [0.25, 0.3) is 0 Å². The maximum absolute atomic E-state index is 6.25. The van der Waals surface area contributed by atoms with Gasteiger partial charge >= 0.3 is 0 Å². The molecule has 21 heavy (non-hydrogen) atoms. The fourth-order valence-electron chi connectivity index (χ4n) is 1.81. The highest BCUT2D eigenvalue weighted by atomic mass is 79.9. The lowest BCUT2D eigenvalue weighted by Gasteiger charge is -2.18. The van der Waals surface area contributed by atoms with Crippen LogP contribution in [0, 0.1) is 6.92 Å². The van der Waals surface area contributed by atoms with Crippen LogP contribution in [0.2, 0.25) is 5.02 Å². The van der Waals surface area contributed by atoms with Crippen molar-refractivity contribution in [2.75, 3.05) is 5.32 Å². The third-order valence-corrected chi connectivity index (χ3v) is 4.56. The molecule has 110 valence electrons. The Morgan fingerprint density at radius 3 is 2.67 bits per heavy atom. The van der Waals surface area contributed by atoms with E-state index >= 15 is 0 Å². The maximum atomic E-state index is 6.25. The quantitative estimate of drug-likeness (QED) is 0.742. The summed E-state index contributed by atoms with van der Waals surface area (Å²) in [6.45, 7) is 3.97. The molecule has 0 amide bonds. The third kappa shape index (κ3) is 4.15. The molecule has 0 unspecified atom stereocenters. The molecule has 0 fully saturated rings. The number of halogens is 2. The average Bonchev–Trinajstić information content (AvgIpc) is 2.49. The number of nitrogens with one attached hydrogen (secondary N) is 2. The van der Waals surface area contributed by atoms with E-state index in [0.29, 0.717) is 16.0 Å². The van der Waals surface area contributed by atoms with Gasteiger partial charge in [-0.1, -0.05) is 41.9 Å². The minimum absolute atomic E-state index is 0.0986. The molecular formula is C15H15BrClN3S. The second-order valence-corrected chi connectivity index (χ2v) is 6.27. The maximum Gasteiger partial charge on any atom is 0.172 e. The first kappa shape index (κ1) is 16.2. The summed E-state index contributed by atoms with van der Waals surface area (Å²) in [5.41, 5.74) is 2.08. The Kier molecular flexibility index (Phi) is 5.56.